The molecule has 4 rings (SSSR count). The van der Waals surface area contributed by atoms with Crippen molar-refractivity contribution in [3.8, 4) is 5.75 Å². The molecule has 0 radical (unpaired) electrons. The summed E-state index contributed by atoms with van der Waals surface area (Å²) in [4.78, 5) is 0. The van der Waals surface area contributed by atoms with Crippen molar-refractivity contribution in [2.75, 3.05) is 6.61 Å². The van der Waals surface area contributed by atoms with Crippen LogP contribution in [0.3, 0.4) is 0 Å². The van der Waals surface area contributed by atoms with Crippen molar-refractivity contribution in [2.45, 2.75) is 88.9 Å². The minimum atomic E-state index is -0.705. The van der Waals surface area contributed by atoms with Gasteiger partial charge in [0.15, 0.2) is 23.2 Å². The number of hydrogen-bond acceptors (Lipinski definition) is 3. The van der Waals surface area contributed by atoms with Crippen molar-refractivity contribution in [1.29, 1.82) is 0 Å². The summed E-state index contributed by atoms with van der Waals surface area (Å²) in [5.74, 6) is -1.41. The zero-order valence-corrected chi connectivity index (χ0v) is 21.0. The second-order valence-electron chi connectivity index (χ2n) is 10.4. The summed E-state index contributed by atoms with van der Waals surface area (Å²) >= 11 is 0. The number of halogens is 3. The van der Waals surface area contributed by atoms with Gasteiger partial charge in [0.2, 0.25) is 0 Å². The van der Waals surface area contributed by atoms with E-state index in [4.69, 9.17) is 9.47 Å². The van der Waals surface area contributed by atoms with E-state index >= 15 is 8.78 Å². The van der Waals surface area contributed by atoms with Gasteiger partial charge in [-0.1, -0.05) is 30.9 Å². The van der Waals surface area contributed by atoms with E-state index < -0.39 is 17.5 Å². The molecule has 196 valence electrons. The number of rotatable bonds is 9. The van der Waals surface area contributed by atoms with Crippen LogP contribution in [0.1, 0.15) is 86.8 Å². The predicted molar refractivity (Wildman–Crippen MR) is 135 cm³/mol. The fraction of sp³-hybridized carbons (Fsp3) is 0.533. The van der Waals surface area contributed by atoms with E-state index in [0.29, 0.717) is 17.7 Å². The molecule has 36 heavy (non-hydrogen) atoms. The minimum absolute atomic E-state index is 0.0114. The molecule has 0 amide bonds. The van der Waals surface area contributed by atoms with E-state index in [-0.39, 0.29) is 42.3 Å². The number of benzene rings is 2. The molecule has 1 N–H and O–H groups in total. The van der Waals surface area contributed by atoms with Crippen molar-refractivity contribution < 1.29 is 27.8 Å². The highest BCUT2D eigenvalue weighted by Crippen LogP contribution is 2.41. The van der Waals surface area contributed by atoms with Gasteiger partial charge in [-0.3, -0.25) is 0 Å². The third-order valence-corrected chi connectivity index (χ3v) is 7.99. The number of aliphatic hydroxyl groups excluding tert-OH is 1. The Kier molecular flexibility index (Phi) is 9.13. The monoisotopic (exact) mass is 502 g/mol. The molecule has 1 atom stereocenters. The second kappa shape index (κ2) is 12.3. The molecule has 0 aliphatic heterocycles. The molecular formula is C30H37F3O3. The topological polar surface area (TPSA) is 38.7 Å². The van der Waals surface area contributed by atoms with Crippen molar-refractivity contribution in [1.82, 2.24) is 0 Å². The standard InChI is InChI=1S/C30H37F3O3/c1-3-16-35-28-15-4-20(17-27(28)31)18-36-24-11-9-23(10-12-24)26-14-13-25(29(32)30(26)33)22-7-5-21(6-8-22)19(2)34/h3-4,13-15,17,19,21-24,34H,1,5-12,16,18H2,2H3. The van der Waals surface area contributed by atoms with Crippen LogP contribution in [0.2, 0.25) is 0 Å². The van der Waals surface area contributed by atoms with E-state index in [2.05, 4.69) is 6.58 Å². The molecule has 0 bridgehead atoms. The molecule has 0 aromatic heterocycles. The molecule has 2 aromatic rings. The summed E-state index contributed by atoms with van der Waals surface area (Å²) < 4.78 is 55.6. The van der Waals surface area contributed by atoms with Gasteiger partial charge in [-0.25, -0.2) is 13.2 Å². The lowest BCUT2D eigenvalue weighted by Gasteiger charge is -2.32. The lowest BCUT2D eigenvalue weighted by molar-refractivity contribution is 0.0130. The summed E-state index contributed by atoms with van der Waals surface area (Å²) in [5, 5.41) is 9.81. The van der Waals surface area contributed by atoms with Crippen LogP contribution < -0.4 is 4.74 Å². The van der Waals surface area contributed by atoms with E-state index in [9.17, 15) is 9.50 Å². The van der Waals surface area contributed by atoms with E-state index in [1.165, 1.54) is 6.07 Å². The second-order valence-corrected chi connectivity index (χ2v) is 10.4. The molecule has 2 aliphatic rings. The zero-order valence-electron chi connectivity index (χ0n) is 21.0. The molecule has 1 unspecified atom stereocenters. The van der Waals surface area contributed by atoms with Crippen LogP contribution in [0.4, 0.5) is 13.2 Å². The van der Waals surface area contributed by atoms with Crippen LogP contribution in [0.25, 0.3) is 0 Å². The first-order valence-electron chi connectivity index (χ1n) is 13.2. The molecule has 2 saturated carbocycles. The molecule has 0 saturated heterocycles. The Morgan fingerprint density at radius 1 is 0.917 bits per heavy atom. The van der Waals surface area contributed by atoms with Crippen LogP contribution in [0.15, 0.2) is 43.0 Å². The maximum Gasteiger partial charge on any atom is 0.165 e. The number of hydrogen-bond donors (Lipinski definition) is 1. The predicted octanol–water partition coefficient (Wildman–Crippen LogP) is 7.57. The van der Waals surface area contributed by atoms with Gasteiger partial charge in [0.1, 0.15) is 6.61 Å². The highest BCUT2D eigenvalue weighted by Gasteiger charge is 2.30. The fourth-order valence-corrected chi connectivity index (χ4v) is 5.78. The molecule has 0 spiro atoms. The van der Waals surface area contributed by atoms with Crippen molar-refractivity contribution >= 4 is 0 Å². The van der Waals surface area contributed by atoms with Crippen LogP contribution in [0.5, 0.6) is 5.75 Å². The average Bonchev–Trinajstić information content (AvgIpc) is 2.89. The molecule has 0 heterocycles. The summed E-state index contributed by atoms with van der Waals surface area (Å²) in [5.41, 5.74) is 1.67. The van der Waals surface area contributed by atoms with Gasteiger partial charge < -0.3 is 14.6 Å². The highest BCUT2D eigenvalue weighted by atomic mass is 19.2. The fourth-order valence-electron chi connectivity index (χ4n) is 5.78. The molecule has 3 nitrogen and oxygen atoms in total. The molecule has 2 aromatic carbocycles. The van der Waals surface area contributed by atoms with Crippen molar-refractivity contribution in [2.24, 2.45) is 5.92 Å². The van der Waals surface area contributed by atoms with Gasteiger partial charge in [-0.2, -0.15) is 0 Å². The quantitative estimate of drug-likeness (QED) is 0.360. The van der Waals surface area contributed by atoms with Crippen LogP contribution in [0, 0.1) is 23.4 Å². The van der Waals surface area contributed by atoms with Crippen LogP contribution in [-0.4, -0.2) is 23.9 Å². The normalized spacial score (nSPS) is 25.4. The Bertz CT molecular complexity index is 1020. The van der Waals surface area contributed by atoms with Gasteiger partial charge >= 0.3 is 0 Å². The first kappa shape index (κ1) is 26.7. The Morgan fingerprint density at radius 3 is 2.03 bits per heavy atom. The highest BCUT2D eigenvalue weighted by molar-refractivity contribution is 5.32. The number of aliphatic hydroxyl groups is 1. The summed E-state index contributed by atoms with van der Waals surface area (Å²) in [6.45, 7) is 5.90. The van der Waals surface area contributed by atoms with Gasteiger partial charge in [-0.15, -0.1) is 0 Å². The average molecular weight is 503 g/mol. The molecular weight excluding hydrogens is 465 g/mol. The van der Waals surface area contributed by atoms with Gasteiger partial charge in [0.05, 0.1) is 18.8 Å². The first-order chi connectivity index (χ1) is 17.4. The maximum absolute atomic E-state index is 15.1. The van der Waals surface area contributed by atoms with Gasteiger partial charge in [0.25, 0.3) is 0 Å². The molecule has 2 aliphatic carbocycles. The Hall–Kier alpha value is -2.31. The molecule has 6 heteroatoms. The Morgan fingerprint density at radius 2 is 1.50 bits per heavy atom. The largest absolute Gasteiger partial charge is 0.486 e. The van der Waals surface area contributed by atoms with E-state index in [1.54, 1.807) is 37.3 Å². The smallest absolute Gasteiger partial charge is 0.165 e. The van der Waals surface area contributed by atoms with Crippen LogP contribution >= 0.6 is 0 Å². The van der Waals surface area contributed by atoms with Crippen molar-refractivity contribution in [3.05, 3.63) is 77.1 Å². The minimum Gasteiger partial charge on any atom is -0.486 e. The van der Waals surface area contributed by atoms with Crippen LogP contribution in [-0.2, 0) is 11.3 Å². The third kappa shape index (κ3) is 6.33. The van der Waals surface area contributed by atoms with Gasteiger partial charge in [0, 0.05) is 0 Å². The summed E-state index contributed by atoms with van der Waals surface area (Å²) in [6.07, 6.45) is 7.42. The zero-order chi connectivity index (χ0) is 25.7. The van der Waals surface area contributed by atoms with Crippen molar-refractivity contribution in [3.63, 3.8) is 0 Å². The number of ether oxygens (including phenoxy) is 2. The third-order valence-electron chi connectivity index (χ3n) is 7.99. The first-order valence-corrected chi connectivity index (χ1v) is 13.2. The summed E-state index contributed by atoms with van der Waals surface area (Å²) in [6, 6.07) is 8.35. The Balaban J connectivity index is 1.29. The lowest BCUT2D eigenvalue weighted by atomic mass is 9.76. The van der Waals surface area contributed by atoms with E-state index in [0.717, 1.165) is 56.9 Å². The van der Waals surface area contributed by atoms with Gasteiger partial charge in [-0.05, 0) is 105 Å². The van der Waals surface area contributed by atoms with E-state index in [1.807, 2.05) is 0 Å². The lowest BCUT2D eigenvalue weighted by Crippen LogP contribution is -2.23. The molecule has 2 fully saturated rings. The Labute approximate surface area is 212 Å². The maximum atomic E-state index is 15.1. The SMILES string of the molecule is C=CCOc1ccc(COC2CCC(c3ccc(C4CCC(C(C)O)CC4)c(F)c3F)CC2)cc1F. The summed E-state index contributed by atoms with van der Waals surface area (Å²) in [7, 11) is 0.